The second kappa shape index (κ2) is 7.18. The van der Waals surface area contributed by atoms with E-state index in [0.717, 1.165) is 5.69 Å². The average molecular weight is 382 g/mol. The number of hydrogen-bond acceptors (Lipinski definition) is 6. The third-order valence-electron chi connectivity index (χ3n) is 4.91. The number of anilines is 1. The van der Waals surface area contributed by atoms with Crippen LogP contribution in [0.25, 0.3) is 11.1 Å². The summed E-state index contributed by atoms with van der Waals surface area (Å²) in [4.78, 5) is 39.0. The Morgan fingerprint density at radius 2 is 1.79 bits per heavy atom. The Morgan fingerprint density at radius 3 is 2.46 bits per heavy atom. The van der Waals surface area contributed by atoms with Crippen molar-refractivity contribution in [1.82, 2.24) is 9.47 Å². The van der Waals surface area contributed by atoms with Gasteiger partial charge in [0, 0.05) is 37.9 Å². The molecule has 1 aliphatic heterocycles. The van der Waals surface area contributed by atoms with Crippen molar-refractivity contribution in [2.24, 2.45) is 0 Å². The first kappa shape index (κ1) is 17.8. The number of aromatic nitrogens is 1. The lowest BCUT2D eigenvalue weighted by atomic mass is 10.2. The number of benzene rings is 2. The molecule has 9 nitrogen and oxygen atoms in total. The molecule has 1 amide bonds. The highest BCUT2D eigenvalue weighted by atomic mass is 16.6. The number of amides is 1. The van der Waals surface area contributed by atoms with Gasteiger partial charge in [-0.2, -0.15) is 0 Å². The van der Waals surface area contributed by atoms with Crippen molar-refractivity contribution in [2.45, 2.75) is 6.54 Å². The van der Waals surface area contributed by atoms with Gasteiger partial charge in [0.15, 0.2) is 5.58 Å². The Bertz CT molecular complexity index is 1080. The monoisotopic (exact) mass is 382 g/mol. The third-order valence-corrected chi connectivity index (χ3v) is 4.91. The number of nitro groups is 1. The van der Waals surface area contributed by atoms with Crippen molar-refractivity contribution in [3.05, 3.63) is 69.2 Å². The number of hydrogen-bond donors (Lipinski definition) is 0. The van der Waals surface area contributed by atoms with Crippen LogP contribution in [0.5, 0.6) is 0 Å². The predicted molar refractivity (Wildman–Crippen MR) is 102 cm³/mol. The molecule has 28 heavy (non-hydrogen) atoms. The zero-order valence-corrected chi connectivity index (χ0v) is 15.0. The number of non-ortho nitro benzene ring substituents is 1. The molecule has 144 valence electrons. The maximum atomic E-state index is 12.7. The summed E-state index contributed by atoms with van der Waals surface area (Å²) in [5.41, 5.74) is 1.41. The summed E-state index contributed by atoms with van der Waals surface area (Å²) in [6.07, 6.45) is 0. The summed E-state index contributed by atoms with van der Waals surface area (Å²) in [6, 6.07) is 13.9. The molecule has 0 unspecified atom stereocenters. The fourth-order valence-corrected chi connectivity index (χ4v) is 3.41. The normalized spacial score (nSPS) is 14.4. The molecular weight excluding hydrogens is 364 g/mol. The highest BCUT2D eigenvalue weighted by Gasteiger charge is 2.23. The molecule has 0 atom stereocenters. The number of para-hydroxylation sites is 1. The fourth-order valence-electron chi connectivity index (χ4n) is 3.41. The van der Waals surface area contributed by atoms with Crippen LogP contribution in [0.1, 0.15) is 0 Å². The van der Waals surface area contributed by atoms with Crippen molar-refractivity contribution < 1.29 is 14.1 Å². The highest BCUT2D eigenvalue weighted by Crippen LogP contribution is 2.20. The number of carbonyl (C=O) groups excluding carboxylic acids is 1. The van der Waals surface area contributed by atoms with Crippen LogP contribution in [0, 0.1) is 10.1 Å². The van der Waals surface area contributed by atoms with E-state index in [-0.39, 0.29) is 23.7 Å². The Hall–Kier alpha value is -3.62. The minimum atomic E-state index is -0.702. The smallest absolute Gasteiger partial charge is 0.407 e. The Morgan fingerprint density at radius 1 is 1.07 bits per heavy atom. The van der Waals surface area contributed by atoms with E-state index in [2.05, 4.69) is 4.90 Å². The van der Waals surface area contributed by atoms with Gasteiger partial charge in [0.05, 0.1) is 16.5 Å². The molecule has 0 aliphatic carbocycles. The van der Waals surface area contributed by atoms with Gasteiger partial charge >= 0.3 is 5.76 Å². The topological polar surface area (TPSA) is 102 Å². The van der Waals surface area contributed by atoms with Crippen molar-refractivity contribution in [3.63, 3.8) is 0 Å². The van der Waals surface area contributed by atoms with Gasteiger partial charge in [-0.3, -0.25) is 19.5 Å². The molecule has 0 radical (unpaired) electrons. The molecule has 9 heteroatoms. The van der Waals surface area contributed by atoms with Gasteiger partial charge in [-0.25, -0.2) is 4.79 Å². The van der Waals surface area contributed by atoms with Gasteiger partial charge in [0.1, 0.15) is 6.54 Å². The van der Waals surface area contributed by atoms with Gasteiger partial charge < -0.3 is 14.2 Å². The van der Waals surface area contributed by atoms with Crippen LogP contribution in [0.4, 0.5) is 11.4 Å². The number of oxazole rings is 1. The van der Waals surface area contributed by atoms with Crippen molar-refractivity contribution >= 4 is 28.4 Å². The maximum absolute atomic E-state index is 12.7. The van der Waals surface area contributed by atoms with Gasteiger partial charge in [-0.15, -0.1) is 0 Å². The molecule has 0 bridgehead atoms. The Balaban J connectivity index is 1.46. The Labute approximate surface area is 159 Å². The molecule has 2 heterocycles. The molecule has 2 aromatic carbocycles. The zero-order valence-electron chi connectivity index (χ0n) is 15.0. The van der Waals surface area contributed by atoms with Crippen LogP contribution in [-0.4, -0.2) is 46.5 Å². The minimum Gasteiger partial charge on any atom is -0.407 e. The number of rotatable bonds is 4. The molecule has 1 saturated heterocycles. The largest absolute Gasteiger partial charge is 0.420 e. The molecule has 0 N–H and O–H groups in total. The number of piperazine rings is 1. The summed E-state index contributed by atoms with van der Waals surface area (Å²) in [5, 5.41) is 10.9. The molecule has 0 saturated carbocycles. The van der Waals surface area contributed by atoms with Gasteiger partial charge in [-0.05, 0) is 18.2 Å². The predicted octanol–water partition coefficient (Wildman–Crippen LogP) is 1.85. The standard InChI is InChI=1S/C19H18N4O5/c24-18(21-10-8-20(9-11-21)14-4-2-1-3-5-14)13-22-16-7-6-15(23(26)27)12-17(16)28-19(22)25/h1-7,12H,8-11,13H2. The quantitative estimate of drug-likeness (QED) is 0.504. The van der Waals surface area contributed by atoms with Crippen molar-refractivity contribution in [1.29, 1.82) is 0 Å². The van der Waals surface area contributed by atoms with Crippen molar-refractivity contribution in [3.8, 4) is 0 Å². The number of fused-ring (bicyclic) bond motifs is 1. The summed E-state index contributed by atoms with van der Waals surface area (Å²) < 4.78 is 6.29. The van der Waals surface area contributed by atoms with E-state index in [4.69, 9.17) is 4.42 Å². The highest BCUT2D eigenvalue weighted by molar-refractivity contribution is 5.81. The van der Waals surface area contributed by atoms with Gasteiger partial charge in [0.2, 0.25) is 5.91 Å². The lowest BCUT2D eigenvalue weighted by Gasteiger charge is -2.36. The summed E-state index contributed by atoms with van der Waals surface area (Å²) >= 11 is 0. The summed E-state index contributed by atoms with van der Waals surface area (Å²) in [5.74, 6) is -0.886. The molecule has 3 aromatic rings. The SMILES string of the molecule is O=C(Cn1c(=O)oc2cc([N+](=O)[O-])ccc21)N1CCN(c2ccccc2)CC1. The van der Waals surface area contributed by atoms with Gasteiger partial charge in [-0.1, -0.05) is 18.2 Å². The van der Waals surface area contributed by atoms with Crippen LogP contribution in [0.3, 0.4) is 0 Å². The molecule has 4 rings (SSSR count). The van der Waals surface area contributed by atoms with E-state index < -0.39 is 10.7 Å². The first-order valence-corrected chi connectivity index (χ1v) is 8.88. The lowest BCUT2D eigenvalue weighted by molar-refractivity contribution is -0.384. The van der Waals surface area contributed by atoms with E-state index in [9.17, 15) is 19.7 Å². The number of carbonyl (C=O) groups is 1. The van der Waals surface area contributed by atoms with E-state index in [1.54, 1.807) is 4.90 Å². The lowest BCUT2D eigenvalue weighted by Crippen LogP contribution is -2.50. The third kappa shape index (κ3) is 3.34. The zero-order chi connectivity index (χ0) is 19.7. The number of nitro benzene ring substituents is 1. The molecular formula is C19H18N4O5. The second-order valence-electron chi connectivity index (χ2n) is 6.57. The van der Waals surface area contributed by atoms with E-state index in [0.29, 0.717) is 31.7 Å². The first-order chi connectivity index (χ1) is 13.5. The van der Waals surface area contributed by atoms with Crippen molar-refractivity contribution in [2.75, 3.05) is 31.1 Å². The van der Waals surface area contributed by atoms with E-state index in [1.165, 1.54) is 22.8 Å². The molecule has 0 spiro atoms. The van der Waals surface area contributed by atoms with E-state index >= 15 is 0 Å². The summed E-state index contributed by atoms with van der Waals surface area (Å²) in [6.45, 7) is 2.38. The molecule has 1 aliphatic rings. The van der Waals surface area contributed by atoms with Gasteiger partial charge in [0.25, 0.3) is 5.69 Å². The molecule has 1 aromatic heterocycles. The molecule has 1 fully saturated rings. The van der Waals surface area contributed by atoms with E-state index in [1.807, 2.05) is 30.3 Å². The van der Waals surface area contributed by atoms with Crippen LogP contribution in [0.15, 0.2) is 57.7 Å². The second-order valence-corrected chi connectivity index (χ2v) is 6.57. The van der Waals surface area contributed by atoms with Crippen LogP contribution >= 0.6 is 0 Å². The minimum absolute atomic E-state index is 0.0981. The average Bonchev–Trinajstić information content (AvgIpc) is 3.03. The first-order valence-electron chi connectivity index (χ1n) is 8.88. The number of nitrogens with zero attached hydrogens (tertiary/aromatic N) is 4. The van der Waals surface area contributed by atoms with Crippen LogP contribution in [0.2, 0.25) is 0 Å². The maximum Gasteiger partial charge on any atom is 0.420 e. The van der Waals surface area contributed by atoms with Crippen LogP contribution in [-0.2, 0) is 11.3 Å². The van der Waals surface area contributed by atoms with Crippen LogP contribution < -0.4 is 10.7 Å². The Kier molecular flexibility index (Phi) is 4.56. The fraction of sp³-hybridized carbons (Fsp3) is 0.263. The summed E-state index contributed by atoms with van der Waals surface area (Å²) in [7, 11) is 0.